The molecular formula is C12H13BrN2O. The maximum Gasteiger partial charge on any atom is 0.119 e. The highest BCUT2D eigenvalue weighted by Crippen LogP contribution is 2.15. The first-order valence-corrected chi connectivity index (χ1v) is 6.21. The molecule has 0 fully saturated rings. The Morgan fingerprint density at radius 1 is 1.31 bits per heavy atom. The lowest BCUT2D eigenvalue weighted by molar-refractivity contribution is 0.345. The van der Waals surface area contributed by atoms with Crippen LogP contribution in [-0.4, -0.2) is 21.5 Å². The number of alkyl halides is 1. The molecule has 1 aromatic carbocycles. The second kappa shape index (κ2) is 5.16. The first-order valence-electron chi connectivity index (χ1n) is 5.09. The standard InChI is InChI=1S/C12H13BrN2O/c1-10-8-15(9-14-10)11-2-4-12(5-3-11)16-7-6-13/h2-5,8-9H,6-7H2,1H3. The van der Waals surface area contributed by atoms with Crippen molar-refractivity contribution in [3.05, 3.63) is 42.5 Å². The summed E-state index contributed by atoms with van der Waals surface area (Å²) in [5, 5.41) is 0.843. The van der Waals surface area contributed by atoms with Crippen LogP contribution in [0.5, 0.6) is 5.75 Å². The van der Waals surface area contributed by atoms with Gasteiger partial charge in [-0.1, -0.05) is 15.9 Å². The van der Waals surface area contributed by atoms with E-state index in [-0.39, 0.29) is 0 Å². The van der Waals surface area contributed by atoms with Crippen LogP contribution in [-0.2, 0) is 0 Å². The largest absolute Gasteiger partial charge is 0.493 e. The first-order chi connectivity index (χ1) is 7.79. The van der Waals surface area contributed by atoms with Crippen molar-refractivity contribution >= 4 is 15.9 Å². The SMILES string of the molecule is Cc1cn(-c2ccc(OCCBr)cc2)cn1. The van der Waals surface area contributed by atoms with Gasteiger partial charge in [0.1, 0.15) is 5.75 Å². The van der Waals surface area contributed by atoms with Crippen LogP contribution >= 0.6 is 15.9 Å². The van der Waals surface area contributed by atoms with E-state index in [1.54, 1.807) is 0 Å². The van der Waals surface area contributed by atoms with Crippen molar-refractivity contribution in [1.29, 1.82) is 0 Å². The van der Waals surface area contributed by atoms with Gasteiger partial charge in [-0.15, -0.1) is 0 Å². The molecule has 1 heterocycles. The van der Waals surface area contributed by atoms with Crippen molar-refractivity contribution < 1.29 is 4.74 Å². The predicted molar refractivity (Wildman–Crippen MR) is 67.6 cm³/mol. The molecule has 3 nitrogen and oxygen atoms in total. The molecule has 0 spiro atoms. The van der Waals surface area contributed by atoms with E-state index in [0.717, 1.165) is 22.5 Å². The number of benzene rings is 1. The highest BCUT2D eigenvalue weighted by Gasteiger charge is 1.98. The van der Waals surface area contributed by atoms with Gasteiger partial charge in [-0.2, -0.15) is 0 Å². The minimum absolute atomic E-state index is 0.684. The quantitative estimate of drug-likeness (QED) is 0.806. The Bertz CT molecular complexity index is 450. The second-order valence-corrected chi connectivity index (χ2v) is 4.25. The van der Waals surface area contributed by atoms with Gasteiger partial charge in [0.05, 0.1) is 18.6 Å². The van der Waals surface area contributed by atoms with E-state index in [4.69, 9.17) is 4.74 Å². The third-order valence-corrected chi connectivity index (χ3v) is 2.52. The molecule has 0 N–H and O–H groups in total. The molecule has 0 aliphatic carbocycles. The van der Waals surface area contributed by atoms with E-state index in [0.29, 0.717) is 6.61 Å². The van der Waals surface area contributed by atoms with Crippen molar-refractivity contribution in [2.24, 2.45) is 0 Å². The zero-order chi connectivity index (χ0) is 11.4. The van der Waals surface area contributed by atoms with Gasteiger partial charge in [0.2, 0.25) is 0 Å². The number of aromatic nitrogens is 2. The van der Waals surface area contributed by atoms with Crippen molar-refractivity contribution in [1.82, 2.24) is 9.55 Å². The van der Waals surface area contributed by atoms with Gasteiger partial charge in [0.25, 0.3) is 0 Å². The van der Waals surface area contributed by atoms with Crippen LogP contribution in [0.4, 0.5) is 0 Å². The third kappa shape index (κ3) is 2.64. The Morgan fingerprint density at radius 3 is 2.62 bits per heavy atom. The summed E-state index contributed by atoms with van der Waals surface area (Å²) in [5.41, 5.74) is 2.10. The van der Waals surface area contributed by atoms with E-state index >= 15 is 0 Å². The summed E-state index contributed by atoms with van der Waals surface area (Å²) >= 11 is 3.32. The molecule has 1 aromatic heterocycles. The van der Waals surface area contributed by atoms with E-state index < -0.39 is 0 Å². The fourth-order valence-corrected chi connectivity index (χ4v) is 1.60. The maximum atomic E-state index is 5.48. The van der Waals surface area contributed by atoms with E-state index in [1.807, 2.05) is 48.3 Å². The Labute approximate surface area is 103 Å². The van der Waals surface area contributed by atoms with Crippen molar-refractivity contribution in [2.75, 3.05) is 11.9 Å². The summed E-state index contributed by atoms with van der Waals surface area (Å²) in [5.74, 6) is 0.889. The molecule has 0 unspecified atom stereocenters. The maximum absolute atomic E-state index is 5.48. The number of hydrogen-bond donors (Lipinski definition) is 0. The van der Waals surface area contributed by atoms with Gasteiger partial charge in [0.15, 0.2) is 0 Å². The van der Waals surface area contributed by atoms with Crippen LogP contribution in [0.1, 0.15) is 5.69 Å². The van der Waals surface area contributed by atoms with Crippen LogP contribution in [0.2, 0.25) is 0 Å². The van der Waals surface area contributed by atoms with Crippen molar-refractivity contribution in [3.63, 3.8) is 0 Å². The topological polar surface area (TPSA) is 27.1 Å². The van der Waals surface area contributed by atoms with Crippen molar-refractivity contribution in [3.8, 4) is 11.4 Å². The summed E-state index contributed by atoms with van der Waals surface area (Å²) in [6, 6.07) is 7.97. The number of nitrogens with zero attached hydrogens (tertiary/aromatic N) is 2. The molecular weight excluding hydrogens is 268 g/mol. The highest BCUT2D eigenvalue weighted by molar-refractivity contribution is 9.09. The summed E-state index contributed by atoms with van der Waals surface area (Å²) in [6.45, 7) is 2.66. The average Bonchev–Trinajstić information content (AvgIpc) is 2.74. The zero-order valence-corrected chi connectivity index (χ0v) is 10.6. The summed E-state index contributed by atoms with van der Waals surface area (Å²) in [6.07, 6.45) is 3.80. The van der Waals surface area contributed by atoms with Gasteiger partial charge in [-0.3, -0.25) is 0 Å². The summed E-state index contributed by atoms with van der Waals surface area (Å²) in [4.78, 5) is 4.19. The Kier molecular flexibility index (Phi) is 3.62. The predicted octanol–water partition coefficient (Wildman–Crippen LogP) is 2.95. The van der Waals surface area contributed by atoms with Gasteiger partial charge in [-0.25, -0.2) is 4.98 Å². The number of rotatable bonds is 4. The third-order valence-electron chi connectivity index (χ3n) is 2.19. The number of aryl methyl sites for hydroxylation is 1. The molecule has 0 atom stereocenters. The molecule has 0 aliphatic rings. The zero-order valence-electron chi connectivity index (χ0n) is 9.06. The number of ether oxygens (including phenoxy) is 1. The number of imidazole rings is 1. The monoisotopic (exact) mass is 280 g/mol. The molecule has 2 aromatic rings. The molecule has 16 heavy (non-hydrogen) atoms. The summed E-state index contributed by atoms with van der Waals surface area (Å²) in [7, 11) is 0. The Balaban J connectivity index is 2.13. The summed E-state index contributed by atoms with van der Waals surface area (Å²) < 4.78 is 7.47. The Hall–Kier alpha value is -1.29. The fourth-order valence-electron chi connectivity index (χ4n) is 1.43. The number of hydrogen-bond acceptors (Lipinski definition) is 2. The van der Waals surface area contributed by atoms with Gasteiger partial charge in [-0.05, 0) is 31.2 Å². The van der Waals surface area contributed by atoms with Gasteiger partial charge >= 0.3 is 0 Å². The van der Waals surface area contributed by atoms with E-state index in [2.05, 4.69) is 20.9 Å². The van der Waals surface area contributed by atoms with Crippen LogP contribution < -0.4 is 4.74 Å². The molecule has 0 radical (unpaired) electrons. The van der Waals surface area contributed by atoms with E-state index in [1.165, 1.54) is 0 Å². The van der Waals surface area contributed by atoms with E-state index in [9.17, 15) is 0 Å². The lowest BCUT2D eigenvalue weighted by atomic mass is 10.3. The molecule has 84 valence electrons. The molecule has 0 saturated heterocycles. The first kappa shape index (κ1) is 11.2. The molecule has 2 rings (SSSR count). The molecule has 4 heteroatoms. The lowest BCUT2D eigenvalue weighted by Gasteiger charge is -2.05. The van der Waals surface area contributed by atoms with Crippen LogP contribution in [0.3, 0.4) is 0 Å². The molecule has 0 saturated carbocycles. The van der Waals surface area contributed by atoms with Crippen LogP contribution in [0.15, 0.2) is 36.8 Å². The minimum Gasteiger partial charge on any atom is -0.493 e. The van der Waals surface area contributed by atoms with Crippen LogP contribution in [0.25, 0.3) is 5.69 Å². The van der Waals surface area contributed by atoms with Crippen molar-refractivity contribution in [2.45, 2.75) is 6.92 Å². The molecule has 0 aliphatic heterocycles. The Morgan fingerprint density at radius 2 is 2.06 bits per heavy atom. The molecule has 0 bridgehead atoms. The average molecular weight is 281 g/mol. The molecule has 0 amide bonds. The highest BCUT2D eigenvalue weighted by atomic mass is 79.9. The fraction of sp³-hybridized carbons (Fsp3) is 0.250. The van der Waals surface area contributed by atoms with Gasteiger partial charge < -0.3 is 9.30 Å². The number of halogens is 1. The smallest absolute Gasteiger partial charge is 0.119 e. The minimum atomic E-state index is 0.684. The normalized spacial score (nSPS) is 10.4. The van der Waals surface area contributed by atoms with Gasteiger partial charge in [0, 0.05) is 17.2 Å². The second-order valence-electron chi connectivity index (χ2n) is 3.45. The lowest BCUT2D eigenvalue weighted by Crippen LogP contribution is -1.98. The van der Waals surface area contributed by atoms with Crippen LogP contribution in [0, 0.1) is 6.92 Å².